The highest BCUT2D eigenvalue weighted by Gasteiger charge is 2.08. The number of hydrogen-bond acceptors (Lipinski definition) is 3. The first kappa shape index (κ1) is 11.8. The summed E-state index contributed by atoms with van der Waals surface area (Å²) in [6.45, 7) is 0. The SMILES string of the molecule is O=C(O)CC=Cc1ccc(O)c(C(=O)O)c1. The largest absolute Gasteiger partial charge is 0.507 e. The Hall–Kier alpha value is -2.30. The first-order chi connectivity index (χ1) is 7.50. The molecule has 0 saturated carbocycles. The van der Waals surface area contributed by atoms with Gasteiger partial charge in [0, 0.05) is 0 Å². The normalized spacial score (nSPS) is 10.5. The summed E-state index contributed by atoms with van der Waals surface area (Å²) in [5.41, 5.74) is 0.314. The van der Waals surface area contributed by atoms with Gasteiger partial charge in [0.15, 0.2) is 0 Å². The molecule has 5 heteroatoms. The molecule has 0 spiro atoms. The van der Waals surface area contributed by atoms with Gasteiger partial charge in [-0.2, -0.15) is 0 Å². The number of aromatic hydroxyl groups is 1. The van der Waals surface area contributed by atoms with Gasteiger partial charge < -0.3 is 15.3 Å². The standard InChI is InChI=1S/C11H10O5/c12-9-5-4-7(2-1-3-10(13)14)6-8(9)11(15)16/h1-2,4-6,12H,3H2,(H,13,14)(H,15,16). The highest BCUT2D eigenvalue weighted by Crippen LogP contribution is 2.19. The summed E-state index contributed by atoms with van der Waals surface area (Å²) in [5, 5.41) is 26.3. The molecular weight excluding hydrogens is 212 g/mol. The van der Waals surface area contributed by atoms with E-state index >= 15 is 0 Å². The molecule has 0 aliphatic heterocycles. The molecule has 5 nitrogen and oxygen atoms in total. The molecule has 0 aliphatic rings. The number of aliphatic carboxylic acids is 1. The number of carboxylic acids is 2. The molecule has 1 rings (SSSR count). The summed E-state index contributed by atoms with van der Waals surface area (Å²) in [5.74, 6) is -2.51. The van der Waals surface area contributed by atoms with Crippen LogP contribution in [0.15, 0.2) is 24.3 Å². The van der Waals surface area contributed by atoms with Crippen molar-refractivity contribution in [2.24, 2.45) is 0 Å². The molecular formula is C11H10O5. The van der Waals surface area contributed by atoms with E-state index in [1.54, 1.807) is 0 Å². The van der Waals surface area contributed by atoms with Gasteiger partial charge in [-0.05, 0) is 17.7 Å². The third-order valence-electron chi connectivity index (χ3n) is 1.85. The van der Waals surface area contributed by atoms with Gasteiger partial charge in [-0.3, -0.25) is 4.79 Å². The van der Waals surface area contributed by atoms with Crippen molar-refractivity contribution in [1.29, 1.82) is 0 Å². The van der Waals surface area contributed by atoms with Gasteiger partial charge in [-0.25, -0.2) is 4.79 Å². The van der Waals surface area contributed by atoms with E-state index in [1.807, 2.05) is 0 Å². The lowest BCUT2D eigenvalue weighted by atomic mass is 10.1. The molecule has 84 valence electrons. The van der Waals surface area contributed by atoms with E-state index in [-0.39, 0.29) is 17.7 Å². The summed E-state index contributed by atoms with van der Waals surface area (Å²) in [4.78, 5) is 20.9. The predicted octanol–water partition coefficient (Wildman–Crippen LogP) is 1.58. The van der Waals surface area contributed by atoms with E-state index in [0.29, 0.717) is 5.56 Å². The lowest BCUT2D eigenvalue weighted by Gasteiger charge is -2.00. The van der Waals surface area contributed by atoms with Crippen LogP contribution in [-0.2, 0) is 4.79 Å². The minimum atomic E-state index is -1.23. The number of phenols is 1. The van der Waals surface area contributed by atoms with Crippen molar-refractivity contribution in [2.75, 3.05) is 0 Å². The Kier molecular flexibility index (Phi) is 3.66. The first-order valence-corrected chi connectivity index (χ1v) is 4.45. The first-order valence-electron chi connectivity index (χ1n) is 4.45. The van der Waals surface area contributed by atoms with E-state index in [0.717, 1.165) is 0 Å². The van der Waals surface area contributed by atoms with Crippen LogP contribution in [0.1, 0.15) is 22.3 Å². The molecule has 0 aromatic heterocycles. The van der Waals surface area contributed by atoms with Crippen LogP contribution in [0.5, 0.6) is 5.75 Å². The fraction of sp³-hybridized carbons (Fsp3) is 0.0909. The Morgan fingerprint density at radius 2 is 1.94 bits per heavy atom. The number of carbonyl (C=O) groups is 2. The van der Waals surface area contributed by atoms with Crippen LogP contribution in [0.25, 0.3) is 6.08 Å². The average molecular weight is 222 g/mol. The highest BCUT2D eigenvalue weighted by atomic mass is 16.4. The number of benzene rings is 1. The van der Waals surface area contributed by atoms with Crippen molar-refractivity contribution in [2.45, 2.75) is 6.42 Å². The summed E-state index contributed by atoms with van der Waals surface area (Å²) in [6.07, 6.45) is 2.75. The second kappa shape index (κ2) is 4.97. The third-order valence-corrected chi connectivity index (χ3v) is 1.85. The zero-order valence-corrected chi connectivity index (χ0v) is 8.25. The van der Waals surface area contributed by atoms with Gasteiger partial charge in [0.2, 0.25) is 0 Å². The zero-order chi connectivity index (χ0) is 12.1. The molecule has 0 unspecified atom stereocenters. The Morgan fingerprint density at radius 1 is 1.25 bits per heavy atom. The molecule has 0 saturated heterocycles. The minimum absolute atomic E-state index is 0.136. The Morgan fingerprint density at radius 3 is 2.50 bits per heavy atom. The maximum absolute atomic E-state index is 10.7. The lowest BCUT2D eigenvalue weighted by molar-refractivity contribution is -0.135. The second-order valence-corrected chi connectivity index (χ2v) is 3.08. The Balaban J connectivity index is 2.91. The molecule has 0 atom stereocenters. The monoisotopic (exact) mass is 222 g/mol. The van der Waals surface area contributed by atoms with Gasteiger partial charge in [-0.1, -0.05) is 18.2 Å². The second-order valence-electron chi connectivity index (χ2n) is 3.08. The van der Waals surface area contributed by atoms with E-state index in [2.05, 4.69) is 0 Å². The topological polar surface area (TPSA) is 94.8 Å². The molecule has 3 N–H and O–H groups in total. The quantitative estimate of drug-likeness (QED) is 0.718. The maximum Gasteiger partial charge on any atom is 0.339 e. The van der Waals surface area contributed by atoms with Gasteiger partial charge in [0.05, 0.1) is 6.42 Å². The summed E-state index contributed by atoms with van der Waals surface area (Å²) < 4.78 is 0. The fourth-order valence-corrected chi connectivity index (χ4v) is 1.12. The molecule has 0 aliphatic carbocycles. The lowest BCUT2D eigenvalue weighted by Crippen LogP contribution is -1.97. The van der Waals surface area contributed by atoms with E-state index in [9.17, 15) is 14.7 Å². The number of rotatable bonds is 4. The van der Waals surface area contributed by atoms with Crippen molar-refractivity contribution in [3.63, 3.8) is 0 Å². The smallest absolute Gasteiger partial charge is 0.339 e. The van der Waals surface area contributed by atoms with Gasteiger partial charge in [-0.15, -0.1) is 0 Å². The van der Waals surface area contributed by atoms with E-state index in [1.165, 1.54) is 30.4 Å². The average Bonchev–Trinajstić information content (AvgIpc) is 2.19. The number of aromatic carboxylic acids is 1. The molecule has 0 fully saturated rings. The maximum atomic E-state index is 10.7. The van der Waals surface area contributed by atoms with Gasteiger partial charge in [0.25, 0.3) is 0 Å². The number of carboxylic acid groups (broad SMARTS) is 2. The van der Waals surface area contributed by atoms with Gasteiger partial charge in [0.1, 0.15) is 11.3 Å². The molecule has 1 aromatic carbocycles. The molecule has 1 aromatic rings. The van der Waals surface area contributed by atoms with E-state index < -0.39 is 11.9 Å². The zero-order valence-electron chi connectivity index (χ0n) is 8.25. The van der Waals surface area contributed by atoms with Crippen LogP contribution < -0.4 is 0 Å². The Bertz CT molecular complexity index is 448. The van der Waals surface area contributed by atoms with Crippen molar-refractivity contribution in [3.05, 3.63) is 35.4 Å². The fourth-order valence-electron chi connectivity index (χ4n) is 1.12. The highest BCUT2D eigenvalue weighted by molar-refractivity contribution is 5.91. The van der Waals surface area contributed by atoms with Crippen LogP contribution in [0.4, 0.5) is 0 Å². The minimum Gasteiger partial charge on any atom is -0.507 e. The van der Waals surface area contributed by atoms with Crippen molar-refractivity contribution < 1.29 is 24.9 Å². The van der Waals surface area contributed by atoms with Crippen LogP contribution >= 0.6 is 0 Å². The van der Waals surface area contributed by atoms with Crippen LogP contribution in [-0.4, -0.2) is 27.3 Å². The summed E-state index contributed by atoms with van der Waals surface area (Å²) in [7, 11) is 0. The predicted molar refractivity (Wildman–Crippen MR) is 56.4 cm³/mol. The van der Waals surface area contributed by atoms with E-state index in [4.69, 9.17) is 10.2 Å². The van der Waals surface area contributed by atoms with Crippen LogP contribution in [0, 0.1) is 0 Å². The van der Waals surface area contributed by atoms with Crippen molar-refractivity contribution >= 4 is 18.0 Å². The van der Waals surface area contributed by atoms with Crippen LogP contribution in [0.2, 0.25) is 0 Å². The summed E-state index contributed by atoms with van der Waals surface area (Å²) in [6, 6.07) is 4.03. The van der Waals surface area contributed by atoms with Crippen molar-refractivity contribution in [1.82, 2.24) is 0 Å². The molecule has 0 heterocycles. The molecule has 16 heavy (non-hydrogen) atoms. The molecule has 0 radical (unpaired) electrons. The molecule has 0 bridgehead atoms. The third kappa shape index (κ3) is 3.13. The number of hydrogen-bond donors (Lipinski definition) is 3. The molecule has 0 amide bonds. The van der Waals surface area contributed by atoms with Gasteiger partial charge >= 0.3 is 11.9 Å². The van der Waals surface area contributed by atoms with Crippen molar-refractivity contribution in [3.8, 4) is 5.75 Å². The van der Waals surface area contributed by atoms with Crippen LogP contribution in [0.3, 0.4) is 0 Å². The Labute approximate surface area is 91.3 Å². The summed E-state index contributed by atoms with van der Waals surface area (Å²) >= 11 is 0.